The van der Waals surface area contributed by atoms with E-state index in [1.807, 2.05) is 25.8 Å². The van der Waals surface area contributed by atoms with E-state index in [-0.39, 0.29) is 31.3 Å². The average Bonchev–Trinajstić information content (AvgIpc) is 3.03. The SMILES string of the molecule is CC[C@@H]1OC(=O)[C@H](C)[C@H](O[C@H]2C[C@@](C)(OC)[C@@H](O)[C@H](C)O2)[C@@H](C)[C@H](O[C@@H]2O[C@H](C)C[C@H](N)[C@H]2O)[C@](C)(O)C[C@H](C)CN(C)[C@H](C)[C@@H](O)C1(C)O. The second kappa shape index (κ2) is 17.0. The van der Waals surface area contributed by atoms with Crippen LogP contribution in [-0.4, -0.2) is 147 Å². The van der Waals surface area contributed by atoms with Gasteiger partial charge in [-0.15, -0.1) is 0 Å². The van der Waals surface area contributed by atoms with Crippen LogP contribution in [-0.2, 0) is 33.2 Å². The predicted molar refractivity (Wildman–Crippen MR) is 185 cm³/mol. The molecule has 50 heavy (non-hydrogen) atoms. The first-order valence-electron chi connectivity index (χ1n) is 18.3. The molecule has 0 aromatic rings. The lowest BCUT2D eigenvalue weighted by molar-refractivity contribution is -0.315. The van der Waals surface area contributed by atoms with Gasteiger partial charge in [0.1, 0.15) is 30.0 Å². The highest BCUT2D eigenvalue weighted by Crippen LogP contribution is 2.40. The van der Waals surface area contributed by atoms with Crippen molar-refractivity contribution in [1.29, 1.82) is 0 Å². The van der Waals surface area contributed by atoms with Crippen LogP contribution < -0.4 is 5.73 Å². The molecule has 0 aromatic heterocycles. The molecule has 0 amide bonds. The van der Waals surface area contributed by atoms with Crippen molar-refractivity contribution in [3.8, 4) is 0 Å². The summed E-state index contributed by atoms with van der Waals surface area (Å²) >= 11 is 0. The third kappa shape index (κ3) is 9.55. The van der Waals surface area contributed by atoms with Gasteiger partial charge in [0, 0.05) is 38.1 Å². The Labute approximate surface area is 298 Å². The Morgan fingerprint density at radius 3 is 2.16 bits per heavy atom. The summed E-state index contributed by atoms with van der Waals surface area (Å²) < 4.78 is 37.0. The van der Waals surface area contributed by atoms with E-state index in [0.717, 1.165) is 0 Å². The third-order valence-electron chi connectivity index (χ3n) is 11.6. The summed E-state index contributed by atoms with van der Waals surface area (Å²) in [6.45, 7) is 17.8. The Kier molecular flexibility index (Phi) is 14.7. The number of carbonyl (C=O) groups is 1. The van der Waals surface area contributed by atoms with E-state index in [1.54, 1.807) is 48.5 Å². The maximum Gasteiger partial charge on any atom is 0.311 e. The monoisotopic (exact) mass is 720 g/mol. The summed E-state index contributed by atoms with van der Waals surface area (Å²) in [5.41, 5.74) is 1.86. The summed E-state index contributed by atoms with van der Waals surface area (Å²) in [6.07, 6.45) is -8.74. The number of cyclic esters (lactones) is 1. The molecule has 1 unspecified atom stereocenters. The van der Waals surface area contributed by atoms with Crippen molar-refractivity contribution in [3.05, 3.63) is 0 Å². The number of rotatable bonds is 6. The van der Waals surface area contributed by atoms with Crippen molar-refractivity contribution in [2.75, 3.05) is 20.7 Å². The zero-order valence-electron chi connectivity index (χ0n) is 32.3. The molecule has 0 aromatic carbocycles. The van der Waals surface area contributed by atoms with Gasteiger partial charge in [0.2, 0.25) is 0 Å². The van der Waals surface area contributed by atoms with E-state index in [0.29, 0.717) is 13.0 Å². The van der Waals surface area contributed by atoms with Gasteiger partial charge >= 0.3 is 5.97 Å². The minimum absolute atomic E-state index is 0.123. The molecule has 3 fully saturated rings. The quantitative estimate of drug-likeness (QED) is 0.214. The molecule has 3 heterocycles. The summed E-state index contributed by atoms with van der Waals surface area (Å²) in [4.78, 5) is 16.0. The van der Waals surface area contributed by atoms with Crippen LogP contribution in [0, 0.1) is 17.8 Å². The van der Waals surface area contributed by atoms with Gasteiger partial charge in [-0.05, 0) is 80.7 Å². The first-order valence-corrected chi connectivity index (χ1v) is 18.3. The van der Waals surface area contributed by atoms with E-state index in [1.165, 1.54) is 14.0 Å². The van der Waals surface area contributed by atoms with E-state index < -0.39 is 102 Å². The number of hydrogen-bond acceptors (Lipinski definition) is 14. The van der Waals surface area contributed by atoms with E-state index in [2.05, 4.69) is 0 Å². The van der Waals surface area contributed by atoms with Crippen LogP contribution in [0.4, 0.5) is 0 Å². The van der Waals surface area contributed by atoms with Crippen LogP contribution in [0.25, 0.3) is 0 Å². The fraction of sp³-hybridized carbons (Fsp3) is 0.972. The Hall–Kier alpha value is -1.01. The summed E-state index contributed by atoms with van der Waals surface area (Å²) in [5, 5.41) is 57.4. The number of aliphatic hydroxyl groups excluding tert-OH is 3. The van der Waals surface area contributed by atoms with E-state index in [4.69, 9.17) is 34.2 Å². The van der Waals surface area contributed by atoms with Gasteiger partial charge in [-0.3, -0.25) is 4.79 Å². The lowest BCUT2D eigenvalue weighted by Gasteiger charge is -2.48. The standard InChI is InChI=1S/C36H68N2O12/c1-13-25-36(10,44)29(40)22(6)38(11)17-18(2)15-34(8,43)31(50-33-27(39)24(37)14-19(3)46-33)20(4)28(21(5)32(42)48-25)49-26-16-35(9,45-12)30(41)23(7)47-26/h18-31,33,39-41,43-44H,13-17,37H2,1-12H3/t18-,19+,20+,21+,22+,23-,24-,25-,26-,27+,28+,29+,30-,31-,33-,34+,35+,36?/m0/s1. The second-order valence-electron chi connectivity index (χ2n) is 16.3. The second-order valence-corrected chi connectivity index (χ2v) is 16.3. The number of methoxy groups -OCH3 is 1. The van der Waals surface area contributed by atoms with Gasteiger partial charge < -0.3 is 64.6 Å². The van der Waals surface area contributed by atoms with Crippen LogP contribution in [0.2, 0.25) is 0 Å². The molecule has 0 radical (unpaired) electrons. The van der Waals surface area contributed by atoms with Crippen molar-refractivity contribution >= 4 is 5.97 Å². The van der Waals surface area contributed by atoms with Gasteiger partial charge in [0.25, 0.3) is 0 Å². The molecule has 14 heteroatoms. The largest absolute Gasteiger partial charge is 0.459 e. The first kappa shape index (κ1) is 43.4. The minimum Gasteiger partial charge on any atom is -0.459 e. The Morgan fingerprint density at radius 2 is 1.58 bits per heavy atom. The molecule has 0 spiro atoms. The van der Waals surface area contributed by atoms with Gasteiger partial charge in [0.15, 0.2) is 12.6 Å². The predicted octanol–water partition coefficient (Wildman–Crippen LogP) is 1.30. The molecule has 3 aliphatic rings. The fourth-order valence-electron chi connectivity index (χ4n) is 8.28. The zero-order valence-corrected chi connectivity index (χ0v) is 32.3. The van der Waals surface area contributed by atoms with Crippen LogP contribution >= 0.6 is 0 Å². The number of ether oxygens (including phenoxy) is 6. The number of carbonyl (C=O) groups excluding carboxylic acids is 1. The number of aliphatic hydroxyl groups is 5. The van der Waals surface area contributed by atoms with E-state index in [9.17, 15) is 30.3 Å². The molecule has 14 nitrogen and oxygen atoms in total. The zero-order chi connectivity index (χ0) is 38.1. The van der Waals surface area contributed by atoms with Crippen LogP contribution in [0.1, 0.15) is 94.9 Å². The Morgan fingerprint density at radius 1 is 0.960 bits per heavy atom. The van der Waals surface area contributed by atoms with Crippen LogP contribution in [0.5, 0.6) is 0 Å². The maximum absolute atomic E-state index is 14.1. The topological polar surface area (TPSA) is 203 Å². The Balaban J connectivity index is 2.16. The highest BCUT2D eigenvalue weighted by molar-refractivity contribution is 5.73. The molecule has 3 aliphatic heterocycles. The number of esters is 1. The number of hydrogen-bond donors (Lipinski definition) is 6. The lowest BCUT2D eigenvalue weighted by atomic mass is 9.77. The molecule has 0 bridgehead atoms. The van der Waals surface area contributed by atoms with Crippen LogP contribution in [0.3, 0.4) is 0 Å². The van der Waals surface area contributed by atoms with Gasteiger partial charge in [-0.25, -0.2) is 0 Å². The summed E-state index contributed by atoms with van der Waals surface area (Å²) in [7, 11) is 3.32. The minimum atomic E-state index is -1.80. The fourth-order valence-corrected chi connectivity index (χ4v) is 8.28. The maximum atomic E-state index is 14.1. The molecular weight excluding hydrogens is 652 g/mol. The molecule has 3 rings (SSSR count). The van der Waals surface area contributed by atoms with Gasteiger partial charge in [-0.1, -0.05) is 20.8 Å². The molecule has 294 valence electrons. The van der Waals surface area contributed by atoms with Crippen molar-refractivity contribution in [2.24, 2.45) is 23.5 Å². The average molecular weight is 721 g/mol. The first-order chi connectivity index (χ1) is 23.0. The summed E-state index contributed by atoms with van der Waals surface area (Å²) in [5.74, 6) is -2.64. The molecule has 7 N–H and O–H groups in total. The summed E-state index contributed by atoms with van der Waals surface area (Å²) in [6, 6.07) is -1.17. The molecule has 0 aliphatic carbocycles. The van der Waals surface area contributed by atoms with Crippen molar-refractivity contribution in [2.45, 2.75) is 185 Å². The molecular formula is C36H68N2O12. The number of nitrogens with zero attached hydrogens (tertiary/aromatic N) is 1. The smallest absolute Gasteiger partial charge is 0.311 e. The normalized spacial score (nSPS) is 51.0. The Bertz CT molecular complexity index is 1100. The highest BCUT2D eigenvalue weighted by atomic mass is 16.7. The van der Waals surface area contributed by atoms with Crippen molar-refractivity contribution in [1.82, 2.24) is 4.90 Å². The van der Waals surface area contributed by atoms with Crippen molar-refractivity contribution < 1.29 is 58.7 Å². The number of nitrogens with two attached hydrogens (primary N) is 1. The molecule has 0 saturated carbocycles. The van der Waals surface area contributed by atoms with E-state index >= 15 is 0 Å². The van der Waals surface area contributed by atoms with Crippen molar-refractivity contribution in [3.63, 3.8) is 0 Å². The van der Waals surface area contributed by atoms with Gasteiger partial charge in [-0.2, -0.15) is 0 Å². The van der Waals surface area contributed by atoms with Gasteiger partial charge in [0.05, 0.1) is 41.5 Å². The number of likely N-dealkylation sites (N-methyl/N-ethyl adjacent to an activating group) is 1. The molecule has 18 atom stereocenters. The third-order valence-corrected chi connectivity index (χ3v) is 11.6. The van der Waals surface area contributed by atoms with Crippen LogP contribution in [0.15, 0.2) is 0 Å². The molecule has 3 saturated heterocycles. The highest BCUT2D eigenvalue weighted by Gasteiger charge is 2.52. The lowest BCUT2D eigenvalue weighted by Crippen LogP contribution is -2.60.